The highest BCUT2D eigenvalue weighted by Gasteiger charge is 2.28. The third-order valence-corrected chi connectivity index (χ3v) is 20.3. The first-order valence-corrected chi connectivity index (χ1v) is 40.2. The molecule has 14 aromatic rings. The minimum Gasteiger partial charge on any atom is -0.465 e. The molecule has 5 aromatic heterocycles. The Kier molecular flexibility index (Phi) is 30.4. The number of methoxy groups -OCH3 is 3. The number of nitrogens with two attached hydrogens (primary N) is 3. The molecule has 0 saturated carbocycles. The molecule has 29 nitrogen and oxygen atoms in total. The summed E-state index contributed by atoms with van der Waals surface area (Å²) in [6.07, 6.45) is 3.72. The van der Waals surface area contributed by atoms with Crippen LogP contribution in [-0.2, 0) is 38.6 Å². The first kappa shape index (κ1) is 89.7. The van der Waals surface area contributed by atoms with Crippen LogP contribution in [0.2, 0.25) is 15.2 Å². The number of nitrogen functional groups attached to an aromatic ring is 2. The van der Waals surface area contributed by atoms with Gasteiger partial charge in [-0.25, -0.2) is 54.1 Å². The van der Waals surface area contributed by atoms with Gasteiger partial charge in [0.05, 0.1) is 106 Å². The van der Waals surface area contributed by atoms with E-state index in [9.17, 15) is 33.6 Å². The zero-order valence-corrected chi connectivity index (χ0v) is 71.0. The lowest BCUT2D eigenvalue weighted by molar-refractivity contribution is 0.0496. The summed E-state index contributed by atoms with van der Waals surface area (Å²) in [6, 6.07) is 64.4. The number of hydrogen-bond donors (Lipinski definition) is 8. The lowest BCUT2D eigenvalue weighted by atomic mass is 10.1. The lowest BCUT2D eigenvalue weighted by Crippen LogP contribution is -2.37. The molecule has 32 heteroatoms. The summed E-state index contributed by atoms with van der Waals surface area (Å²) in [6.45, 7) is 12.6. The zero-order chi connectivity index (χ0) is 88.0. The second-order valence-corrected chi connectivity index (χ2v) is 29.7. The van der Waals surface area contributed by atoms with E-state index in [-0.39, 0.29) is 55.5 Å². The van der Waals surface area contributed by atoms with Crippen molar-refractivity contribution in [2.45, 2.75) is 104 Å². The van der Waals surface area contributed by atoms with Crippen molar-refractivity contribution in [2.24, 2.45) is 5.73 Å². The van der Waals surface area contributed by atoms with E-state index in [0.717, 1.165) is 22.4 Å². The number of nitrogens with one attached hydrogen (secondary N) is 5. The maximum Gasteiger partial charge on any atom is 0.408 e. The number of fused-ring (bicyclic) bond motifs is 3. The number of anilines is 6. The van der Waals surface area contributed by atoms with E-state index in [1.807, 2.05) is 197 Å². The monoisotopic (exact) mass is 1720 g/mol. The van der Waals surface area contributed by atoms with Crippen LogP contribution in [0, 0.1) is 0 Å². The highest BCUT2D eigenvalue weighted by atomic mass is 35.5. The summed E-state index contributed by atoms with van der Waals surface area (Å²) in [7, 11) is 4.05. The highest BCUT2D eigenvalue weighted by Crippen LogP contribution is 2.33. The van der Waals surface area contributed by atoms with Crippen LogP contribution >= 0.6 is 34.8 Å². The van der Waals surface area contributed by atoms with Gasteiger partial charge >= 0.3 is 24.0 Å². The van der Waals surface area contributed by atoms with Gasteiger partial charge in [-0.3, -0.25) is 28.1 Å². The van der Waals surface area contributed by atoms with Crippen LogP contribution in [0.15, 0.2) is 245 Å². The van der Waals surface area contributed by atoms with E-state index in [2.05, 4.69) is 46.5 Å². The predicted octanol–water partition coefficient (Wildman–Crippen LogP) is 16.7. The van der Waals surface area contributed by atoms with Crippen molar-refractivity contribution in [3.05, 3.63) is 328 Å². The molecule has 3 atom stereocenters. The number of carbonyl (C=O) groups is 4. The number of halogens is 3. The van der Waals surface area contributed by atoms with Crippen LogP contribution in [0.4, 0.5) is 39.3 Å². The quantitative estimate of drug-likeness (QED) is 0.0158. The number of para-hydroxylation sites is 3. The molecule has 14 rings (SSSR count). The number of aromatic nitrogens is 10. The number of rotatable bonds is 24. The number of esters is 3. The number of carbonyl (C=O) groups excluding carboxylic acids is 4. The first-order valence-electron chi connectivity index (χ1n) is 39.0. The van der Waals surface area contributed by atoms with Gasteiger partial charge in [0.25, 0.3) is 16.7 Å². The van der Waals surface area contributed by atoms with E-state index in [4.69, 9.17) is 85.9 Å². The summed E-state index contributed by atoms with van der Waals surface area (Å²) in [5.41, 5.74) is 26.0. The molecule has 123 heavy (non-hydrogen) atoms. The van der Waals surface area contributed by atoms with Gasteiger partial charge in [-0.1, -0.05) is 165 Å². The number of hydrogen-bond acceptors (Lipinski definition) is 25. The van der Waals surface area contributed by atoms with Gasteiger partial charge in [-0.15, -0.1) is 0 Å². The Hall–Kier alpha value is -14.1. The highest BCUT2D eigenvalue weighted by molar-refractivity contribution is 6.42. The number of amides is 1. The molecule has 5 heterocycles. The van der Waals surface area contributed by atoms with Crippen molar-refractivity contribution in [1.82, 2.24) is 53.9 Å². The second kappa shape index (κ2) is 41.7. The van der Waals surface area contributed by atoms with Crippen LogP contribution in [0.1, 0.15) is 144 Å². The van der Waals surface area contributed by atoms with Gasteiger partial charge in [0.1, 0.15) is 57.4 Å². The van der Waals surface area contributed by atoms with E-state index in [1.54, 1.807) is 76.9 Å². The smallest absolute Gasteiger partial charge is 0.408 e. The lowest BCUT2D eigenvalue weighted by Gasteiger charge is -2.25. The fourth-order valence-electron chi connectivity index (χ4n) is 12.9. The Morgan fingerprint density at radius 2 is 0.764 bits per heavy atom. The van der Waals surface area contributed by atoms with Crippen molar-refractivity contribution >= 4 is 126 Å². The van der Waals surface area contributed by atoms with Crippen molar-refractivity contribution < 1.29 is 38.1 Å². The normalized spacial score (nSPS) is 11.7. The fraction of sp³-hybridized carbons (Fsp3) is 0.209. The van der Waals surface area contributed by atoms with Gasteiger partial charge in [-0.05, 0) is 166 Å². The molecule has 9 aromatic carbocycles. The Morgan fingerprint density at radius 3 is 1.10 bits per heavy atom. The molecule has 0 aliphatic rings. The van der Waals surface area contributed by atoms with E-state index in [0.29, 0.717) is 140 Å². The third-order valence-electron chi connectivity index (χ3n) is 19.2. The molecule has 0 aliphatic heterocycles. The summed E-state index contributed by atoms with van der Waals surface area (Å²) < 4.78 is 24.5. The molecular weight excluding hydrogens is 1630 g/mol. The average Bonchev–Trinajstić information content (AvgIpc) is 0.764. The number of alkyl carbamates (subject to hydrolysis) is 1. The van der Waals surface area contributed by atoms with Crippen LogP contribution in [0.5, 0.6) is 0 Å². The van der Waals surface area contributed by atoms with Gasteiger partial charge in [0.2, 0.25) is 0 Å². The van der Waals surface area contributed by atoms with Crippen LogP contribution in [0.3, 0.4) is 0 Å². The Morgan fingerprint density at radius 1 is 0.423 bits per heavy atom. The molecule has 0 spiro atoms. The van der Waals surface area contributed by atoms with Gasteiger partial charge in [0.15, 0.2) is 11.0 Å². The molecule has 0 unspecified atom stereocenters. The number of ether oxygens (including phenoxy) is 4. The molecule has 0 saturated heterocycles. The maximum atomic E-state index is 14.3. The largest absolute Gasteiger partial charge is 0.465 e. The molecular formula is C91H91Cl3N18O11. The molecule has 0 bridgehead atoms. The average molecular weight is 1720 g/mol. The predicted molar refractivity (Wildman–Crippen MR) is 482 cm³/mol. The van der Waals surface area contributed by atoms with Crippen LogP contribution < -0.4 is 60.5 Å². The summed E-state index contributed by atoms with van der Waals surface area (Å²) in [5, 5.41) is 18.2. The first-order chi connectivity index (χ1) is 59.3. The van der Waals surface area contributed by atoms with E-state index < -0.39 is 35.7 Å². The number of nitrogens with zero attached hydrogens (tertiary/aromatic N) is 10. The molecule has 0 radical (unpaired) electrons. The fourth-order valence-corrected chi connectivity index (χ4v) is 13.3. The molecule has 1 amide bonds. The molecule has 632 valence electrons. The zero-order valence-electron chi connectivity index (χ0n) is 68.7. The van der Waals surface area contributed by atoms with Crippen molar-refractivity contribution in [3.8, 4) is 17.1 Å². The molecule has 0 aliphatic carbocycles. The van der Waals surface area contributed by atoms with E-state index >= 15 is 0 Å². The topological polar surface area (TPSA) is 400 Å². The summed E-state index contributed by atoms with van der Waals surface area (Å²) in [4.78, 5) is 120. The molecule has 0 fully saturated rings. The minimum atomic E-state index is -0.668. The number of benzene rings is 9. The van der Waals surface area contributed by atoms with Crippen molar-refractivity contribution in [3.63, 3.8) is 0 Å². The van der Waals surface area contributed by atoms with Gasteiger partial charge in [-0.2, -0.15) is 0 Å². The van der Waals surface area contributed by atoms with Gasteiger partial charge < -0.3 is 62.7 Å². The maximum absolute atomic E-state index is 14.3. The van der Waals surface area contributed by atoms with Crippen LogP contribution in [0.25, 0.3) is 49.8 Å². The van der Waals surface area contributed by atoms with E-state index in [1.165, 1.54) is 34.0 Å². The Bertz CT molecular complexity index is 6250. The van der Waals surface area contributed by atoms with Gasteiger partial charge in [0, 0.05) is 36.7 Å². The standard InChI is InChI=1S/C31H34N4O5.C30H28ClN7O3.C26H26N4O3.C4H3Cl2N3/c1-6-23(34-30(38)40-31(2,3)4)27-33-25-14-10-13-24(26(25)28(36)35(27)22-11-8-7-9-12-22)32-19-20-15-17-21(18-16-20)29(37)39-5;1-3-21(36-27-25(31)26(32)34-17-35-27)28-37-23-11-7-10-22(24(23)29(39)38(28)20-8-5-4-6-9-20)33-16-18-12-14-19(15-13-18)30(40)41-2;1-3-20(27)24-29-22-11-7-10-21(23(22)25(31)30(24)19-8-5-4-6-9-19)28-16-17-12-14-18(15-13-17)26(32)33-2;5-2-3(6)8-1-9-4(2)7/h7-18,23,32H,6,19H2,1-5H3,(H,34,38);4-15,17,21,33H,3,16H2,1-2H3,(H3,32,34,35,36);4-15,20,28H,3,16,27H2,1-2H3;1H,(H2,7,8,9)/t23-;21-;20-;/m000./s1. The molecule has 11 N–H and O–H groups in total. The third kappa shape index (κ3) is 22.1. The SMILES string of the molecule is CC[C@H](N)c1nc2cccc(NCc3ccc(C(=O)OC)cc3)c2c(=O)n1-c1ccccc1.CC[C@H](NC(=O)OC(C)(C)C)c1nc2cccc(NCc3ccc(C(=O)OC)cc3)c2c(=O)n1-c1ccccc1.CC[C@H](Nc1ncnc(N)c1Cl)c1nc2cccc(NCc3ccc(C(=O)OC)cc3)c2c(=O)n1-c1ccccc1.Nc1ncnc(Cl)c1Cl. The minimum absolute atomic E-state index is 0.154. The summed E-state index contributed by atoms with van der Waals surface area (Å²) in [5.74, 6) is 0.990. The summed E-state index contributed by atoms with van der Waals surface area (Å²) >= 11 is 17.3. The van der Waals surface area contributed by atoms with Crippen molar-refractivity contribution in [1.29, 1.82) is 0 Å². The van der Waals surface area contributed by atoms with Crippen molar-refractivity contribution in [2.75, 3.05) is 54.1 Å². The van der Waals surface area contributed by atoms with Crippen LogP contribution in [-0.4, -0.2) is 99.5 Å². The second-order valence-electron chi connectivity index (χ2n) is 28.6. The Balaban J connectivity index is 0.000000171. The Labute approximate surface area is 723 Å².